The van der Waals surface area contributed by atoms with Crippen molar-refractivity contribution in [2.45, 2.75) is 0 Å². The average molecular weight is 660 g/mol. The Kier molecular flexibility index (Phi) is 4.91. The fraction of sp³-hybridized carbons (Fsp3) is 0. The Bertz CT molecular complexity index is 3380. The van der Waals surface area contributed by atoms with Crippen LogP contribution in [0.25, 0.3) is 106 Å². The van der Waals surface area contributed by atoms with E-state index in [0.717, 1.165) is 49.0 Å². The van der Waals surface area contributed by atoms with Crippen LogP contribution in [0.4, 0.5) is 0 Å². The van der Waals surface area contributed by atoms with Crippen LogP contribution in [0.15, 0.2) is 166 Å². The van der Waals surface area contributed by atoms with Gasteiger partial charge in [0.25, 0.3) is 0 Å². The monoisotopic (exact) mass is 659 g/mol. The van der Waals surface area contributed by atoms with E-state index in [1.54, 1.807) is 0 Å². The molecule has 0 saturated carbocycles. The maximum Gasteiger partial charge on any atom is 0.167 e. The Hall–Kier alpha value is -7.05. The van der Waals surface area contributed by atoms with E-state index in [-0.39, 0.29) is 23.0 Å². The first kappa shape index (κ1) is 23.3. The molecule has 4 aromatic heterocycles. The minimum Gasteiger partial charge on any atom is -0.456 e. The zero-order chi connectivity index (χ0) is 37.8. The second-order valence-corrected chi connectivity index (χ2v) is 12.4. The smallest absolute Gasteiger partial charge is 0.167 e. The summed E-state index contributed by atoms with van der Waals surface area (Å²) in [5, 5.41) is 5.72. The van der Waals surface area contributed by atoms with Gasteiger partial charge in [0.1, 0.15) is 22.3 Å². The van der Waals surface area contributed by atoms with Crippen LogP contribution in [0, 0.1) is 0 Å². The van der Waals surface area contributed by atoms with Gasteiger partial charge < -0.3 is 13.4 Å². The van der Waals surface area contributed by atoms with Crippen molar-refractivity contribution in [1.82, 2.24) is 19.5 Å². The van der Waals surface area contributed by atoms with Crippen molar-refractivity contribution in [3.05, 3.63) is 158 Å². The summed E-state index contributed by atoms with van der Waals surface area (Å²) < 4.78 is 57.8. The Labute approximate surface area is 297 Å². The highest BCUT2D eigenvalue weighted by atomic mass is 16.3. The van der Waals surface area contributed by atoms with Crippen molar-refractivity contribution in [2.24, 2.45) is 0 Å². The van der Waals surface area contributed by atoms with Crippen molar-refractivity contribution < 1.29 is 15.7 Å². The van der Waals surface area contributed by atoms with Crippen LogP contribution >= 0.6 is 0 Å². The summed E-state index contributed by atoms with van der Waals surface area (Å²) in [6.45, 7) is 0. The number of furan rings is 2. The largest absolute Gasteiger partial charge is 0.456 e. The second-order valence-electron chi connectivity index (χ2n) is 12.4. The lowest BCUT2D eigenvalue weighted by atomic mass is 10.0. The van der Waals surface area contributed by atoms with Crippen molar-refractivity contribution >= 4 is 65.7 Å². The molecule has 0 aliphatic carbocycles. The molecule has 0 saturated heterocycles. The molecule has 0 atom stereocenters. The summed E-state index contributed by atoms with van der Waals surface area (Å²) in [6, 6.07) is 39.7. The fourth-order valence-electron chi connectivity index (χ4n) is 7.35. The lowest BCUT2D eigenvalue weighted by molar-refractivity contribution is 0.668. The normalized spacial score (nSPS) is 13.3. The van der Waals surface area contributed by atoms with Gasteiger partial charge in [-0.15, -0.1) is 0 Å². The molecule has 11 aromatic rings. The molecule has 0 radical (unpaired) electrons. The minimum absolute atomic E-state index is 0.0615. The third kappa shape index (κ3) is 4.20. The second kappa shape index (κ2) is 10.7. The van der Waals surface area contributed by atoms with Crippen molar-refractivity contribution in [3.63, 3.8) is 0 Å². The molecular formula is C45H26N4O2. The third-order valence-electron chi connectivity index (χ3n) is 9.56. The van der Waals surface area contributed by atoms with Crippen molar-refractivity contribution in [1.29, 1.82) is 0 Å². The molecule has 6 heteroatoms. The lowest BCUT2D eigenvalue weighted by Gasteiger charge is -2.09. The summed E-state index contributed by atoms with van der Waals surface area (Å²) in [4.78, 5) is 14.7. The molecule has 11 rings (SSSR count). The number of aromatic nitrogens is 4. The molecule has 238 valence electrons. The molecule has 0 spiro atoms. The number of fused-ring (bicyclic) bond motifs is 9. The SMILES string of the molecule is [2H]c1c([2H])c([2H])c(-c2nc(-c3cccc4c3oc3cc(-n5c6ccccc6c6ccccc65)ccc34)nc(-c3cccc4oc5ccccc5c34)n2)c([2H])c1[2H]. The van der Waals surface area contributed by atoms with E-state index in [9.17, 15) is 0 Å². The van der Waals surface area contributed by atoms with Gasteiger partial charge in [-0.05, 0) is 42.5 Å². The molecular weight excluding hydrogens is 629 g/mol. The molecule has 0 bridgehead atoms. The highest BCUT2D eigenvalue weighted by Gasteiger charge is 2.21. The molecule has 51 heavy (non-hydrogen) atoms. The number of nitrogens with zero attached hydrogens (tertiary/aromatic N) is 4. The van der Waals surface area contributed by atoms with E-state index in [4.69, 9.17) is 30.6 Å². The van der Waals surface area contributed by atoms with Gasteiger partial charge in [-0.25, -0.2) is 15.0 Å². The molecule has 4 heterocycles. The highest BCUT2D eigenvalue weighted by molar-refractivity contribution is 6.13. The molecule has 0 unspecified atom stereocenters. The number of para-hydroxylation sites is 4. The van der Waals surface area contributed by atoms with Crippen LogP contribution in [0.1, 0.15) is 6.85 Å². The summed E-state index contributed by atoms with van der Waals surface area (Å²) in [5.74, 6) is 0.401. The molecule has 0 aliphatic heterocycles. The first-order chi connectivity index (χ1) is 27.4. The molecule has 0 amide bonds. The van der Waals surface area contributed by atoms with Crippen LogP contribution in [-0.4, -0.2) is 19.5 Å². The van der Waals surface area contributed by atoms with Gasteiger partial charge >= 0.3 is 0 Å². The zero-order valence-corrected chi connectivity index (χ0v) is 26.7. The van der Waals surface area contributed by atoms with E-state index >= 15 is 0 Å². The topological polar surface area (TPSA) is 69.9 Å². The maximum absolute atomic E-state index is 8.81. The van der Waals surface area contributed by atoms with E-state index < -0.39 is 30.2 Å². The average Bonchev–Trinajstić information content (AvgIpc) is 3.91. The Morgan fingerprint density at radius 3 is 1.90 bits per heavy atom. The standard InChI is InChI=1S/C45H26N4O2/c1-2-12-27(13-3-1)43-46-44(34-18-11-23-39-41(34)33-16-6-9-22-38(33)50-39)48-45(47-43)35-19-10-17-32-31-25-24-28(26-40(31)51-42(32)35)49-36-20-7-4-14-29(36)30-15-5-8-21-37(30)49/h1-26H/i1D,2D,3D,12D,13D. The van der Waals surface area contributed by atoms with E-state index in [1.807, 2.05) is 78.9 Å². The number of hydrogen-bond donors (Lipinski definition) is 0. The number of hydrogen-bond acceptors (Lipinski definition) is 5. The van der Waals surface area contributed by atoms with E-state index in [1.165, 1.54) is 0 Å². The maximum atomic E-state index is 8.81. The van der Waals surface area contributed by atoms with E-state index in [0.29, 0.717) is 33.5 Å². The van der Waals surface area contributed by atoms with Gasteiger partial charge in [-0.3, -0.25) is 0 Å². The summed E-state index contributed by atoms with van der Waals surface area (Å²) in [5.41, 5.74) is 6.72. The molecule has 0 fully saturated rings. The van der Waals surface area contributed by atoms with Crippen LogP contribution < -0.4 is 0 Å². The van der Waals surface area contributed by atoms with Gasteiger partial charge in [-0.2, -0.15) is 0 Å². The first-order valence-electron chi connectivity index (χ1n) is 19.0. The van der Waals surface area contributed by atoms with Crippen molar-refractivity contribution in [3.8, 4) is 39.9 Å². The predicted molar refractivity (Wildman–Crippen MR) is 205 cm³/mol. The van der Waals surface area contributed by atoms with Gasteiger partial charge in [0, 0.05) is 55.2 Å². The predicted octanol–water partition coefficient (Wildman–Crippen LogP) is 11.8. The van der Waals surface area contributed by atoms with E-state index in [2.05, 4.69) is 53.1 Å². The first-order valence-corrected chi connectivity index (χ1v) is 16.5. The quantitative estimate of drug-likeness (QED) is 0.188. The zero-order valence-electron chi connectivity index (χ0n) is 31.7. The molecule has 0 N–H and O–H groups in total. The van der Waals surface area contributed by atoms with Crippen molar-refractivity contribution in [2.75, 3.05) is 0 Å². The van der Waals surface area contributed by atoms with Crippen LogP contribution in [0.3, 0.4) is 0 Å². The molecule has 0 aliphatic rings. The van der Waals surface area contributed by atoms with Gasteiger partial charge in [0.2, 0.25) is 0 Å². The van der Waals surface area contributed by atoms with Crippen LogP contribution in [0.5, 0.6) is 0 Å². The fourth-order valence-corrected chi connectivity index (χ4v) is 7.35. The Balaban J connectivity index is 1.17. The highest BCUT2D eigenvalue weighted by Crippen LogP contribution is 2.40. The molecule has 7 aromatic carbocycles. The lowest BCUT2D eigenvalue weighted by Crippen LogP contribution is -2.00. The van der Waals surface area contributed by atoms with Gasteiger partial charge in [0.15, 0.2) is 17.5 Å². The van der Waals surface area contributed by atoms with Crippen LogP contribution in [0.2, 0.25) is 0 Å². The Morgan fingerprint density at radius 1 is 0.471 bits per heavy atom. The molecule has 6 nitrogen and oxygen atoms in total. The Morgan fingerprint density at radius 2 is 1.10 bits per heavy atom. The minimum atomic E-state index is -0.500. The van der Waals surface area contributed by atoms with Gasteiger partial charge in [-0.1, -0.05) is 109 Å². The van der Waals surface area contributed by atoms with Gasteiger partial charge in [0.05, 0.1) is 23.5 Å². The summed E-state index contributed by atoms with van der Waals surface area (Å²) in [6.07, 6.45) is 0. The summed E-state index contributed by atoms with van der Waals surface area (Å²) in [7, 11) is 0. The third-order valence-corrected chi connectivity index (χ3v) is 9.56. The van der Waals surface area contributed by atoms with Crippen LogP contribution in [-0.2, 0) is 0 Å². The number of rotatable bonds is 4. The summed E-state index contributed by atoms with van der Waals surface area (Å²) >= 11 is 0. The number of benzene rings is 7.